The fraction of sp³-hybridized carbons (Fsp3) is 0.750. The average molecular weight is 244 g/mol. The van der Waals surface area contributed by atoms with E-state index in [1.54, 1.807) is 6.08 Å². The lowest BCUT2D eigenvalue weighted by Gasteiger charge is -2.05. The predicted octanol–water partition coefficient (Wildman–Crippen LogP) is 2.27. The van der Waals surface area contributed by atoms with Gasteiger partial charge in [-0.2, -0.15) is 0 Å². The van der Waals surface area contributed by atoms with Crippen LogP contribution in [0.5, 0.6) is 0 Å². The highest BCUT2D eigenvalue weighted by atomic mass is 32.2. The van der Waals surface area contributed by atoms with E-state index >= 15 is 0 Å². The van der Waals surface area contributed by atoms with E-state index in [1.165, 1.54) is 0 Å². The van der Waals surface area contributed by atoms with Gasteiger partial charge < -0.3 is 0 Å². The van der Waals surface area contributed by atoms with Crippen LogP contribution in [0.4, 0.5) is 0 Å². The Labute approximate surface area is 97.8 Å². The monoisotopic (exact) mass is 244 g/mol. The fourth-order valence-corrected chi connectivity index (χ4v) is 3.32. The number of rotatable bonds is 5. The Morgan fingerprint density at radius 2 is 1.88 bits per heavy atom. The Bertz CT molecular complexity index is 366. The highest BCUT2D eigenvalue weighted by Crippen LogP contribution is 2.18. The molecule has 0 bridgehead atoms. The van der Waals surface area contributed by atoms with Crippen molar-refractivity contribution in [3.8, 4) is 0 Å². The van der Waals surface area contributed by atoms with Gasteiger partial charge in [0.05, 0.1) is 5.75 Å². The van der Waals surface area contributed by atoms with Gasteiger partial charge in [-0.25, -0.2) is 8.42 Å². The molecular weight excluding hydrogens is 224 g/mol. The van der Waals surface area contributed by atoms with Gasteiger partial charge in [0.2, 0.25) is 0 Å². The smallest absolute Gasteiger partial charge is 0.155 e. The van der Waals surface area contributed by atoms with Crippen LogP contribution in [0.1, 0.15) is 45.4 Å². The van der Waals surface area contributed by atoms with E-state index in [9.17, 15) is 13.2 Å². The second kappa shape index (κ2) is 6.18. The molecule has 0 aliphatic heterocycles. The highest BCUT2D eigenvalue weighted by Gasteiger charge is 2.13. The number of carbonyl (C=O) groups is 1. The zero-order chi connectivity index (χ0) is 12.0. The lowest BCUT2D eigenvalue weighted by molar-refractivity contribution is -0.114. The van der Waals surface area contributed by atoms with Crippen molar-refractivity contribution in [1.29, 1.82) is 0 Å². The highest BCUT2D eigenvalue weighted by molar-refractivity contribution is 7.91. The van der Waals surface area contributed by atoms with Crippen LogP contribution in [0, 0.1) is 0 Å². The summed E-state index contributed by atoms with van der Waals surface area (Å²) in [5.74, 6) is 0.606. The molecule has 16 heavy (non-hydrogen) atoms. The maximum Gasteiger partial charge on any atom is 0.155 e. The van der Waals surface area contributed by atoms with Gasteiger partial charge in [-0.15, -0.1) is 0 Å². The maximum absolute atomic E-state index is 11.5. The number of carbonyl (C=O) groups excluding carboxylic acids is 1. The molecule has 0 saturated carbocycles. The van der Waals surface area contributed by atoms with Gasteiger partial charge in [0.1, 0.15) is 0 Å². The molecule has 0 atom stereocenters. The standard InChI is InChI=1S/C12H20O3S/c1-2-8-16(14,15)9-7-11-5-3-4-6-12(13)10-11/h10H,2-9H2,1H3. The van der Waals surface area contributed by atoms with Crippen LogP contribution in [0.3, 0.4) is 0 Å². The first kappa shape index (κ1) is 13.4. The summed E-state index contributed by atoms with van der Waals surface area (Å²) in [7, 11) is -2.91. The van der Waals surface area contributed by atoms with E-state index in [2.05, 4.69) is 0 Å². The molecule has 92 valence electrons. The van der Waals surface area contributed by atoms with Crippen molar-refractivity contribution < 1.29 is 13.2 Å². The second-order valence-corrected chi connectivity index (χ2v) is 6.68. The summed E-state index contributed by atoms with van der Waals surface area (Å²) < 4.78 is 23.1. The van der Waals surface area contributed by atoms with Crippen LogP contribution in [-0.2, 0) is 14.6 Å². The van der Waals surface area contributed by atoms with Crippen LogP contribution >= 0.6 is 0 Å². The molecule has 0 unspecified atom stereocenters. The molecule has 1 rings (SSSR count). The molecule has 4 heteroatoms. The quantitative estimate of drug-likeness (QED) is 0.745. The minimum atomic E-state index is -2.91. The number of ketones is 1. The number of hydrogen-bond donors (Lipinski definition) is 0. The molecule has 0 aromatic carbocycles. The van der Waals surface area contributed by atoms with Gasteiger partial charge in [0.25, 0.3) is 0 Å². The first-order valence-electron chi connectivity index (χ1n) is 5.96. The first-order valence-corrected chi connectivity index (χ1v) is 7.78. The molecule has 0 aromatic rings. The molecule has 1 aliphatic carbocycles. The van der Waals surface area contributed by atoms with Gasteiger partial charge in [0.15, 0.2) is 15.6 Å². The summed E-state index contributed by atoms with van der Waals surface area (Å²) >= 11 is 0. The summed E-state index contributed by atoms with van der Waals surface area (Å²) in [6.45, 7) is 1.87. The van der Waals surface area contributed by atoms with Crippen molar-refractivity contribution in [2.24, 2.45) is 0 Å². The summed E-state index contributed by atoms with van der Waals surface area (Å²) in [6, 6.07) is 0. The number of allylic oxidation sites excluding steroid dienone is 2. The summed E-state index contributed by atoms with van der Waals surface area (Å²) in [6.07, 6.45) is 6.30. The van der Waals surface area contributed by atoms with Crippen molar-refractivity contribution in [2.75, 3.05) is 11.5 Å². The van der Waals surface area contributed by atoms with E-state index in [-0.39, 0.29) is 17.3 Å². The topological polar surface area (TPSA) is 51.2 Å². The van der Waals surface area contributed by atoms with Crippen LogP contribution in [-0.4, -0.2) is 25.7 Å². The van der Waals surface area contributed by atoms with Gasteiger partial charge in [0, 0.05) is 12.2 Å². The van der Waals surface area contributed by atoms with Crippen LogP contribution in [0.15, 0.2) is 11.6 Å². The Hall–Kier alpha value is -0.640. The van der Waals surface area contributed by atoms with Crippen LogP contribution < -0.4 is 0 Å². The first-order chi connectivity index (χ1) is 7.53. The minimum Gasteiger partial charge on any atom is -0.295 e. The zero-order valence-corrected chi connectivity index (χ0v) is 10.7. The Morgan fingerprint density at radius 1 is 1.19 bits per heavy atom. The molecule has 0 aromatic heterocycles. The second-order valence-electron chi connectivity index (χ2n) is 4.38. The van der Waals surface area contributed by atoms with Crippen LogP contribution in [0.25, 0.3) is 0 Å². The van der Waals surface area contributed by atoms with E-state index in [4.69, 9.17) is 0 Å². The Morgan fingerprint density at radius 3 is 2.56 bits per heavy atom. The number of sulfone groups is 1. The van der Waals surface area contributed by atoms with E-state index < -0.39 is 9.84 Å². The molecule has 0 heterocycles. The van der Waals surface area contributed by atoms with Gasteiger partial charge >= 0.3 is 0 Å². The van der Waals surface area contributed by atoms with Crippen molar-refractivity contribution in [3.05, 3.63) is 11.6 Å². The van der Waals surface area contributed by atoms with Gasteiger partial charge in [-0.3, -0.25) is 4.79 Å². The van der Waals surface area contributed by atoms with Crippen LogP contribution in [0.2, 0.25) is 0 Å². The van der Waals surface area contributed by atoms with E-state index in [0.717, 1.165) is 24.8 Å². The van der Waals surface area contributed by atoms with Gasteiger partial charge in [-0.05, 0) is 38.2 Å². The Kier molecular flexibility index (Phi) is 5.19. The van der Waals surface area contributed by atoms with Crippen molar-refractivity contribution in [1.82, 2.24) is 0 Å². The molecule has 0 saturated heterocycles. The molecule has 0 amide bonds. The SMILES string of the molecule is CCCS(=O)(=O)CCC1=CC(=O)CCCC1. The van der Waals surface area contributed by atoms with Gasteiger partial charge in [-0.1, -0.05) is 12.5 Å². The molecule has 3 nitrogen and oxygen atoms in total. The third kappa shape index (κ3) is 4.92. The lowest BCUT2D eigenvalue weighted by Crippen LogP contribution is -2.11. The summed E-state index contributed by atoms with van der Waals surface area (Å²) in [4.78, 5) is 11.3. The zero-order valence-electron chi connectivity index (χ0n) is 9.87. The largest absolute Gasteiger partial charge is 0.295 e. The van der Waals surface area contributed by atoms with E-state index in [0.29, 0.717) is 19.3 Å². The molecule has 0 N–H and O–H groups in total. The molecule has 0 spiro atoms. The minimum absolute atomic E-state index is 0.153. The summed E-state index contributed by atoms with van der Waals surface area (Å²) in [5.41, 5.74) is 1.02. The van der Waals surface area contributed by atoms with Crippen molar-refractivity contribution in [2.45, 2.75) is 45.4 Å². The normalized spacial score (nSPS) is 18.1. The molecule has 0 radical (unpaired) electrons. The third-order valence-corrected chi connectivity index (χ3v) is 4.64. The fourth-order valence-electron chi connectivity index (χ4n) is 1.92. The Balaban J connectivity index is 2.51. The number of hydrogen-bond acceptors (Lipinski definition) is 3. The lowest BCUT2D eigenvalue weighted by atomic mass is 10.1. The third-order valence-electron chi connectivity index (χ3n) is 2.79. The molecule has 0 fully saturated rings. The summed E-state index contributed by atoms with van der Waals surface area (Å²) in [5, 5.41) is 0. The molecular formula is C12H20O3S. The average Bonchev–Trinajstić information content (AvgIpc) is 2.40. The maximum atomic E-state index is 11.5. The van der Waals surface area contributed by atoms with E-state index in [1.807, 2.05) is 6.92 Å². The van der Waals surface area contributed by atoms with Crippen molar-refractivity contribution in [3.63, 3.8) is 0 Å². The predicted molar refractivity (Wildman–Crippen MR) is 65.1 cm³/mol. The van der Waals surface area contributed by atoms with Crippen molar-refractivity contribution >= 4 is 15.6 Å². The molecule has 1 aliphatic rings.